The molecule has 1 aliphatic heterocycles. The third-order valence-electron chi connectivity index (χ3n) is 6.01. The van der Waals surface area contributed by atoms with Crippen molar-refractivity contribution in [2.24, 2.45) is 13.0 Å². The van der Waals surface area contributed by atoms with Gasteiger partial charge in [0.05, 0.1) is 17.9 Å². The fourth-order valence-electron chi connectivity index (χ4n) is 3.95. The Kier molecular flexibility index (Phi) is 4.69. The zero-order chi connectivity index (χ0) is 20.8. The van der Waals surface area contributed by atoms with E-state index >= 15 is 0 Å². The van der Waals surface area contributed by atoms with Crippen LogP contribution in [0, 0.1) is 11.7 Å². The summed E-state index contributed by atoms with van der Waals surface area (Å²) < 4.78 is 24.1. The minimum Gasteiger partial charge on any atom is -0.488 e. The molecule has 1 saturated heterocycles. The quantitative estimate of drug-likeness (QED) is 0.646. The van der Waals surface area contributed by atoms with Crippen LogP contribution in [0.25, 0.3) is 16.8 Å². The number of carbonyl (C=O) groups excluding carboxylic acids is 1. The highest BCUT2D eigenvalue weighted by Crippen LogP contribution is 2.34. The van der Waals surface area contributed by atoms with Crippen LogP contribution in [-0.2, 0) is 11.8 Å². The molecule has 1 aliphatic carbocycles. The van der Waals surface area contributed by atoms with E-state index in [1.54, 1.807) is 30.1 Å². The van der Waals surface area contributed by atoms with Gasteiger partial charge in [-0.15, -0.1) is 5.10 Å². The molecule has 1 amide bonds. The van der Waals surface area contributed by atoms with Crippen molar-refractivity contribution >= 4 is 17.2 Å². The minimum absolute atomic E-state index is 0.0291. The van der Waals surface area contributed by atoms with E-state index in [4.69, 9.17) is 4.74 Å². The maximum atomic E-state index is 15.0. The molecule has 158 valence electrons. The Balaban J connectivity index is 1.41. The Morgan fingerprint density at radius 3 is 2.87 bits per heavy atom. The van der Waals surface area contributed by atoms with Crippen LogP contribution in [0.3, 0.4) is 0 Å². The molecule has 2 aliphatic rings. The molecule has 8 nitrogen and oxygen atoms in total. The van der Waals surface area contributed by atoms with Crippen molar-refractivity contribution in [1.82, 2.24) is 24.3 Å². The predicted molar refractivity (Wildman–Crippen MR) is 110 cm³/mol. The second-order valence-corrected chi connectivity index (χ2v) is 8.06. The van der Waals surface area contributed by atoms with Gasteiger partial charge in [-0.2, -0.15) is 5.10 Å². The first-order valence-electron chi connectivity index (χ1n) is 10.4. The number of nitrogens with zero attached hydrogens (tertiary/aromatic N) is 5. The summed E-state index contributed by atoms with van der Waals surface area (Å²) in [4.78, 5) is 14.4. The van der Waals surface area contributed by atoms with E-state index in [-0.39, 0.29) is 11.8 Å². The summed E-state index contributed by atoms with van der Waals surface area (Å²) in [6, 6.07) is 3.84. The monoisotopic (exact) mass is 412 g/mol. The van der Waals surface area contributed by atoms with Crippen LogP contribution in [-0.4, -0.2) is 55.9 Å². The molecule has 30 heavy (non-hydrogen) atoms. The molecule has 0 unspecified atom stereocenters. The average Bonchev–Trinajstić information content (AvgIpc) is 3.39. The number of carbonyl (C=O) groups is 1. The van der Waals surface area contributed by atoms with Crippen LogP contribution in [0.2, 0.25) is 0 Å². The van der Waals surface area contributed by atoms with Crippen LogP contribution in [0.4, 0.5) is 10.2 Å². The number of halogens is 1. The molecule has 1 N–H and O–H groups in total. The fourth-order valence-corrected chi connectivity index (χ4v) is 3.95. The van der Waals surface area contributed by atoms with Gasteiger partial charge in [-0.25, -0.2) is 8.91 Å². The normalized spacial score (nSPS) is 19.1. The number of nitrogens with one attached hydrogen (secondary N) is 1. The first-order valence-corrected chi connectivity index (χ1v) is 10.4. The number of amides is 1. The minimum atomic E-state index is -0.432. The average molecular weight is 412 g/mol. The summed E-state index contributed by atoms with van der Waals surface area (Å²) in [6.07, 6.45) is 5.88. The topological polar surface area (TPSA) is 76.7 Å². The molecule has 0 bridgehead atoms. The lowest BCUT2D eigenvalue weighted by molar-refractivity contribution is -0.117. The van der Waals surface area contributed by atoms with E-state index < -0.39 is 5.82 Å². The first kappa shape index (κ1) is 19.0. The van der Waals surface area contributed by atoms with Crippen molar-refractivity contribution in [2.75, 3.05) is 25.0 Å². The van der Waals surface area contributed by atoms with E-state index in [0.29, 0.717) is 41.0 Å². The number of rotatable bonds is 7. The summed E-state index contributed by atoms with van der Waals surface area (Å²) in [6.45, 7) is 4.79. The number of fused-ring (bicyclic) bond motifs is 1. The highest BCUT2D eigenvalue weighted by Gasteiger charge is 2.30. The lowest BCUT2D eigenvalue weighted by atomic mass is 10.0. The van der Waals surface area contributed by atoms with E-state index in [2.05, 4.69) is 27.3 Å². The summed E-state index contributed by atoms with van der Waals surface area (Å²) in [5.74, 6) is 0.604. The number of hydrogen-bond acceptors (Lipinski definition) is 5. The Labute approximate surface area is 173 Å². The zero-order valence-corrected chi connectivity index (χ0v) is 17.1. The van der Waals surface area contributed by atoms with Gasteiger partial charge >= 0.3 is 0 Å². The van der Waals surface area contributed by atoms with Crippen LogP contribution in [0.15, 0.2) is 24.5 Å². The van der Waals surface area contributed by atoms with Crippen molar-refractivity contribution in [3.05, 3.63) is 30.3 Å². The van der Waals surface area contributed by atoms with E-state index in [9.17, 15) is 9.18 Å². The number of hydrogen-bond donors (Lipinski definition) is 1. The maximum Gasteiger partial charge on any atom is 0.228 e. The van der Waals surface area contributed by atoms with Gasteiger partial charge in [0.15, 0.2) is 17.4 Å². The Morgan fingerprint density at radius 2 is 2.17 bits per heavy atom. The second kappa shape index (κ2) is 7.39. The summed E-state index contributed by atoms with van der Waals surface area (Å²) in [5, 5.41) is 11.4. The van der Waals surface area contributed by atoms with E-state index in [1.165, 1.54) is 10.7 Å². The van der Waals surface area contributed by atoms with Crippen molar-refractivity contribution in [1.29, 1.82) is 0 Å². The molecule has 2 fully saturated rings. The fraction of sp³-hybridized carbons (Fsp3) is 0.476. The predicted octanol–water partition coefficient (Wildman–Crippen LogP) is 2.70. The molecule has 0 aromatic carbocycles. The molecule has 4 heterocycles. The van der Waals surface area contributed by atoms with Crippen molar-refractivity contribution < 1.29 is 13.9 Å². The standard InChI is InChI=1S/C21H25FN6O2/c1-3-27-7-6-14(27)12-30-18-10-23-26(2)20(18)16-8-15-9-19(24-21(29)13-4-5-13)25-28(15)11-17(16)22/h8-11,13-14H,3-7,12H2,1-2H3,(H,24,25,29)/t14-/m1/s1. The Bertz CT molecular complexity index is 1100. The number of likely N-dealkylation sites (N-methyl/N-ethyl adjacent to an activating group) is 1. The van der Waals surface area contributed by atoms with Gasteiger partial charge in [0.1, 0.15) is 12.3 Å². The highest BCUT2D eigenvalue weighted by atomic mass is 19.1. The van der Waals surface area contributed by atoms with Gasteiger partial charge in [-0.1, -0.05) is 6.92 Å². The Morgan fingerprint density at radius 1 is 1.33 bits per heavy atom. The Hall–Kier alpha value is -2.94. The smallest absolute Gasteiger partial charge is 0.228 e. The van der Waals surface area contributed by atoms with Crippen LogP contribution in [0.5, 0.6) is 5.75 Å². The van der Waals surface area contributed by atoms with Gasteiger partial charge in [0.25, 0.3) is 0 Å². The number of aryl methyl sites for hydroxylation is 1. The van der Waals surface area contributed by atoms with Gasteiger partial charge in [-0.05, 0) is 31.9 Å². The first-order chi connectivity index (χ1) is 14.5. The lowest BCUT2D eigenvalue weighted by Crippen LogP contribution is -2.50. The van der Waals surface area contributed by atoms with Crippen LogP contribution in [0.1, 0.15) is 26.2 Å². The molecule has 1 saturated carbocycles. The van der Waals surface area contributed by atoms with Crippen molar-refractivity contribution in [3.63, 3.8) is 0 Å². The lowest BCUT2D eigenvalue weighted by Gasteiger charge is -2.39. The summed E-state index contributed by atoms with van der Waals surface area (Å²) >= 11 is 0. The molecule has 0 radical (unpaired) electrons. The molecular weight excluding hydrogens is 387 g/mol. The molecule has 3 aromatic heterocycles. The van der Waals surface area contributed by atoms with Gasteiger partial charge in [0, 0.05) is 37.2 Å². The zero-order valence-electron chi connectivity index (χ0n) is 17.1. The highest BCUT2D eigenvalue weighted by molar-refractivity contribution is 5.93. The molecular formula is C21H25FN6O2. The van der Waals surface area contributed by atoms with Gasteiger partial charge in [-0.3, -0.25) is 14.4 Å². The number of pyridine rings is 1. The van der Waals surface area contributed by atoms with Gasteiger partial charge in [0.2, 0.25) is 5.91 Å². The molecule has 3 aromatic rings. The molecule has 1 atom stereocenters. The van der Waals surface area contributed by atoms with E-state index in [0.717, 1.165) is 32.4 Å². The van der Waals surface area contributed by atoms with Crippen LogP contribution >= 0.6 is 0 Å². The number of ether oxygens (including phenoxy) is 1. The van der Waals surface area contributed by atoms with Crippen LogP contribution < -0.4 is 10.1 Å². The number of aromatic nitrogens is 4. The maximum absolute atomic E-state index is 15.0. The second-order valence-electron chi connectivity index (χ2n) is 8.06. The van der Waals surface area contributed by atoms with Crippen molar-refractivity contribution in [3.8, 4) is 17.0 Å². The molecule has 9 heteroatoms. The van der Waals surface area contributed by atoms with Crippen molar-refractivity contribution in [2.45, 2.75) is 32.2 Å². The SMILES string of the molecule is CCN1CC[C@@H]1COc1cnn(C)c1-c1cc2cc(NC(=O)C3CC3)nn2cc1F. The molecule has 5 rings (SSSR count). The van der Waals surface area contributed by atoms with E-state index in [1.807, 2.05) is 0 Å². The number of anilines is 1. The third-order valence-corrected chi connectivity index (χ3v) is 6.01. The molecule has 0 spiro atoms. The number of likely N-dealkylation sites (tertiary alicyclic amines) is 1. The van der Waals surface area contributed by atoms with Gasteiger partial charge < -0.3 is 10.1 Å². The summed E-state index contributed by atoms with van der Waals surface area (Å²) in [5.41, 5.74) is 1.65. The summed E-state index contributed by atoms with van der Waals surface area (Å²) in [7, 11) is 1.77. The third kappa shape index (κ3) is 3.43. The largest absolute Gasteiger partial charge is 0.488 e.